The van der Waals surface area contributed by atoms with E-state index in [4.69, 9.17) is 9.47 Å². The molecule has 0 atom stereocenters. The van der Waals surface area contributed by atoms with Gasteiger partial charge in [0.25, 0.3) is 0 Å². The summed E-state index contributed by atoms with van der Waals surface area (Å²) in [5.41, 5.74) is 0. The summed E-state index contributed by atoms with van der Waals surface area (Å²) in [6.07, 6.45) is 0. The Morgan fingerprint density at radius 2 is 1.62 bits per heavy atom. The van der Waals surface area contributed by atoms with Gasteiger partial charge in [-0.25, -0.2) is 0 Å². The van der Waals surface area contributed by atoms with Gasteiger partial charge in [-0.3, -0.25) is 0 Å². The van der Waals surface area contributed by atoms with Crippen molar-refractivity contribution in [3.63, 3.8) is 0 Å². The summed E-state index contributed by atoms with van der Waals surface area (Å²) in [5.74, 6) is 2.23. The van der Waals surface area contributed by atoms with Crippen molar-refractivity contribution in [3.8, 4) is 0 Å². The van der Waals surface area contributed by atoms with Crippen molar-refractivity contribution in [1.82, 2.24) is 0 Å². The molecule has 0 radical (unpaired) electrons. The highest BCUT2D eigenvalue weighted by molar-refractivity contribution is 7.99. The summed E-state index contributed by atoms with van der Waals surface area (Å²) < 4.78 is 10.1. The molecular weight excluding hydrogens is 124 g/mol. The van der Waals surface area contributed by atoms with Crippen LogP contribution in [0.4, 0.5) is 0 Å². The van der Waals surface area contributed by atoms with Crippen LogP contribution in [-0.4, -0.2) is 31.5 Å². The Morgan fingerprint density at radius 1 is 1.00 bits per heavy atom. The molecule has 1 saturated heterocycles. The predicted molar refractivity (Wildman–Crippen MR) is 34.1 cm³/mol. The molecule has 0 aromatic rings. The number of thioether (sulfide) groups is 1. The summed E-state index contributed by atoms with van der Waals surface area (Å²) in [5, 5.41) is 0. The first-order chi connectivity index (χ1) is 4.00. The van der Waals surface area contributed by atoms with Crippen molar-refractivity contribution in [2.75, 3.05) is 31.5 Å². The highest BCUT2D eigenvalue weighted by atomic mass is 32.2. The van der Waals surface area contributed by atoms with E-state index in [2.05, 4.69) is 0 Å². The molecule has 3 heteroatoms. The molecule has 0 aromatic heterocycles. The first kappa shape index (κ1) is 6.39. The summed E-state index contributed by atoms with van der Waals surface area (Å²) in [6, 6.07) is 0. The van der Waals surface area contributed by atoms with E-state index >= 15 is 0 Å². The molecule has 8 heavy (non-hydrogen) atoms. The topological polar surface area (TPSA) is 18.5 Å². The third kappa shape index (κ3) is 2.55. The third-order valence-electron chi connectivity index (χ3n) is 0.911. The van der Waals surface area contributed by atoms with Gasteiger partial charge < -0.3 is 9.47 Å². The molecule has 0 saturated carbocycles. The van der Waals surface area contributed by atoms with Gasteiger partial charge in [-0.15, -0.1) is 0 Å². The summed E-state index contributed by atoms with van der Waals surface area (Å²) in [7, 11) is 0. The van der Waals surface area contributed by atoms with Crippen LogP contribution in [0.25, 0.3) is 0 Å². The molecule has 1 aliphatic heterocycles. The second-order valence-corrected chi connectivity index (χ2v) is 2.77. The minimum absolute atomic E-state index is 0.487. The quantitative estimate of drug-likeness (QED) is 0.486. The molecule has 0 bridgehead atoms. The lowest BCUT2D eigenvalue weighted by atomic mass is 10.8. The van der Waals surface area contributed by atoms with E-state index in [1.165, 1.54) is 0 Å². The average molecular weight is 134 g/mol. The van der Waals surface area contributed by atoms with E-state index < -0.39 is 0 Å². The molecule has 2 nitrogen and oxygen atoms in total. The molecule has 0 amide bonds. The van der Waals surface area contributed by atoms with Gasteiger partial charge in [0.15, 0.2) is 0 Å². The maximum atomic E-state index is 5.03. The highest BCUT2D eigenvalue weighted by Crippen LogP contribution is 2.01. The van der Waals surface area contributed by atoms with Crippen LogP contribution in [0, 0.1) is 0 Å². The molecule has 1 rings (SSSR count). The fourth-order valence-electron chi connectivity index (χ4n) is 0.515. The third-order valence-corrected chi connectivity index (χ3v) is 1.82. The van der Waals surface area contributed by atoms with Crippen molar-refractivity contribution in [1.29, 1.82) is 0 Å². The molecule has 1 aliphatic rings. The van der Waals surface area contributed by atoms with Crippen molar-refractivity contribution < 1.29 is 9.47 Å². The molecule has 1 fully saturated rings. The van der Waals surface area contributed by atoms with Crippen LogP contribution in [0.5, 0.6) is 0 Å². The predicted octanol–water partition coefficient (Wildman–Crippen LogP) is 0.724. The molecular formula is C5H10O2S. The van der Waals surface area contributed by atoms with Gasteiger partial charge in [0.1, 0.15) is 6.79 Å². The molecule has 0 unspecified atom stereocenters. The van der Waals surface area contributed by atoms with E-state index in [-0.39, 0.29) is 0 Å². The van der Waals surface area contributed by atoms with E-state index in [1.54, 1.807) is 0 Å². The number of hydrogen-bond donors (Lipinski definition) is 0. The van der Waals surface area contributed by atoms with Crippen LogP contribution in [0.15, 0.2) is 0 Å². The Morgan fingerprint density at radius 3 is 2.25 bits per heavy atom. The normalized spacial score (nSPS) is 24.0. The zero-order chi connectivity index (χ0) is 5.66. The molecule has 0 spiro atoms. The SMILES string of the molecule is C1CSCCOCO1. The number of hydrogen-bond acceptors (Lipinski definition) is 3. The van der Waals surface area contributed by atoms with Crippen molar-refractivity contribution >= 4 is 11.8 Å². The van der Waals surface area contributed by atoms with Crippen LogP contribution in [-0.2, 0) is 9.47 Å². The van der Waals surface area contributed by atoms with Crippen molar-refractivity contribution in [2.45, 2.75) is 0 Å². The Balaban J connectivity index is 2.00. The van der Waals surface area contributed by atoms with Crippen LogP contribution in [0.2, 0.25) is 0 Å². The summed E-state index contributed by atoms with van der Waals surface area (Å²) >= 11 is 1.88. The maximum Gasteiger partial charge on any atom is 0.146 e. The molecule has 0 N–H and O–H groups in total. The molecule has 1 heterocycles. The lowest BCUT2D eigenvalue weighted by molar-refractivity contribution is -0.0447. The van der Waals surface area contributed by atoms with E-state index in [0.29, 0.717) is 6.79 Å². The summed E-state index contributed by atoms with van der Waals surface area (Å²) in [6.45, 7) is 2.16. The Bertz CT molecular complexity index is 34.4. The largest absolute Gasteiger partial charge is 0.355 e. The van der Waals surface area contributed by atoms with Crippen LogP contribution in [0.3, 0.4) is 0 Å². The fraction of sp³-hybridized carbons (Fsp3) is 1.00. The molecule has 48 valence electrons. The minimum atomic E-state index is 0.487. The van der Waals surface area contributed by atoms with Crippen LogP contribution >= 0.6 is 11.8 Å². The minimum Gasteiger partial charge on any atom is -0.355 e. The lowest BCUT2D eigenvalue weighted by Gasteiger charge is -2.08. The monoisotopic (exact) mass is 134 g/mol. The lowest BCUT2D eigenvalue weighted by Crippen LogP contribution is -2.09. The van der Waals surface area contributed by atoms with E-state index in [0.717, 1.165) is 24.7 Å². The fourth-order valence-corrected chi connectivity index (χ4v) is 1.19. The van der Waals surface area contributed by atoms with Gasteiger partial charge in [-0.2, -0.15) is 11.8 Å². The summed E-state index contributed by atoms with van der Waals surface area (Å²) in [4.78, 5) is 0. The van der Waals surface area contributed by atoms with E-state index in [1.807, 2.05) is 11.8 Å². The Kier molecular flexibility index (Phi) is 3.34. The van der Waals surface area contributed by atoms with Crippen LogP contribution < -0.4 is 0 Å². The van der Waals surface area contributed by atoms with Gasteiger partial charge in [0, 0.05) is 11.5 Å². The Hall–Kier alpha value is 0.270. The molecule has 0 aromatic carbocycles. The van der Waals surface area contributed by atoms with Crippen molar-refractivity contribution in [3.05, 3.63) is 0 Å². The second kappa shape index (κ2) is 4.18. The van der Waals surface area contributed by atoms with Crippen molar-refractivity contribution in [2.24, 2.45) is 0 Å². The molecule has 0 aliphatic carbocycles. The van der Waals surface area contributed by atoms with Crippen LogP contribution in [0.1, 0.15) is 0 Å². The maximum absolute atomic E-state index is 5.03. The van der Waals surface area contributed by atoms with Gasteiger partial charge in [-0.1, -0.05) is 0 Å². The van der Waals surface area contributed by atoms with Gasteiger partial charge in [0.05, 0.1) is 13.2 Å². The number of rotatable bonds is 0. The van der Waals surface area contributed by atoms with Gasteiger partial charge >= 0.3 is 0 Å². The zero-order valence-electron chi connectivity index (χ0n) is 4.76. The first-order valence-corrected chi connectivity index (χ1v) is 3.89. The zero-order valence-corrected chi connectivity index (χ0v) is 5.58. The van der Waals surface area contributed by atoms with E-state index in [9.17, 15) is 0 Å². The van der Waals surface area contributed by atoms with Gasteiger partial charge in [-0.05, 0) is 0 Å². The highest BCUT2D eigenvalue weighted by Gasteiger charge is 1.94. The Labute approximate surface area is 53.5 Å². The average Bonchev–Trinajstić information content (AvgIpc) is 1.62. The number of ether oxygens (including phenoxy) is 2. The standard InChI is InChI=1S/C5H10O2S/c1-3-8-4-2-7-5-6-1/h1-5H2. The smallest absolute Gasteiger partial charge is 0.146 e. The second-order valence-electron chi connectivity index (χ2n) is 1.55. The van der Waals surface area contributed by atoms with Gasteiger partial charge in [0.2, 0.25) is 0 Å². The first-order valence-electron chi connectivity index (χ1n) is 2.73.